The maximum Gasteiger partial charge on any atom is 0.387 e. The van der Waals surface area contributed by atoms with Gasteiger partial charge in [0.15, 0.2) is 0 Å². The molecule has 0 aliphatic heterocycles. The van der Waals surface area contributed by atoms with E-state index in [2.05, 4.69) is 10.2 Å². The summed E-state index contributed by atoms with van der Waals surface area (Å²) in [6, 6.07) is 6.27. The summed E-state index contributed by atoms with van der Waals surface area (Å²) in [6.07, 6.45) is 0. The van der Waals surface area contributed by atoms with Gasteiger partial charge in [-0.25, -0.2) is 0 Å². The van der Waals surface area contributed by atoms with Gasteiger partial charge in [0.1, 0.15) is 5.75 Å². The first-order chi connectivity index (χ1) is 6.22. The molecular weight excluding hydrogens is 214 g/mol. The van der Waals surface area contributed by atoms with Crippen LogP contribution in [-0.4, -0.2) is 6.61 Å². The monoisotopic (exact) mass is 224 g/mol. The molecule has 0 radical (unpaired) electrons. The highest BCUT2D eigenvalue weighted by Crippen LogP contribution is 2.14. The van der Waals surface area contributed by atoms with Gasteiger partial charge in [-0.1, -0.05) is 12.1 Å². The number of nitrogens with two attached hydrogens (primary N) is 1. The molecule has 1 rings (SSSR count). The van der Waals surface area contributed by atoms with Crippen LogP contribution in [0, 0.1) is 0 Å². The molecule has 0 atom stereocenters. The van der Waals surface area contributed by atoms with Gasteiger partial charge < -0.3 is 4.74 Å². The third kappa shape index (κ3) is 4.36. The van der Waals surface area contributed by atoms with Gasteiger partial charge in [-0.05, 0) is 17.7 Å². The molecule has 0 amide bonds. The molecule has 0 unspecified atom stereocenters. The number of benzene rings is 1. The summed E-state index contributed by atoms with van der Waals surface area (Å²) in [5.41, 5.74) is 3.36. The summed E-state index contributed by atoms with van der Waals surface area (Å²) < 4.78 is 27.6. The fraction of sp³-hybridized carbons (Fsp3) is 0.250. The summed E-state index contributed by atoms with van der Waals surface area (Å²) >= 11 is 0. The highest BCUT2D eigenvalue weighted by molar-refractivity contribution is 5.85. The van der Waals surface area contributed by atoms with Gasteiger partial charge in [0, 0.05) is 6.54 Å². The molecule has 1 aromatic carbocycles. The van der Waals surface area contributed by atoms with Crippen LogP contribution in [0.25, 0.3) is 0 Å². The maximum atomic E-state index is 11.7. The van der Waals surface area contributed by atoms with E-state index in [-0.39, 0.29) is 18.2 Å². The number of alkyl halides is 2. The average Bonchev–Trinajstić information content (AvgIpc) is 2.08. The standard InChI is InChI=1S/C8H10F2N2O.ClH/c9-8(10)13-7-3-1-6(2-4-7)5-12-11;/h1-4,8,12H,5,11H2;1H. The molecule has 3 nitrogen and oxygen atoms in total. The first-order valence-corrected chi connectivity index (χ1v) is 3.69. The Morgan fingerprint density at radius 2 is 1.86 bits per heavy atom. The van der Waals surface area contributed by atoms with Gasteiger partial charge in [0.2, 0.25) is 0 Å². The third-order valence-electron chi connectivity index (χ3n) is 1.45. The fourth-order valence-electron chi connectivity index (χ4n) is 0.907. The molecule has 80 valence electrons. The predicted octanol–water partition coefficient (Wildman–Crippen LogP) is 1.67. The molecule has 0 fully saturated rings. The first-order valence-electron chi connectivity index (χ1n) is 3.69. The van der Waals surface area contributed by atoms with Crippen molar-refractivity contribution in [2.24, 2.45) is 5.84 Å². The third-order valence-corrected chi connectivity index (χ3v) is 1.45. The van der Waals surface area contributed by atoms with E-state index < -0.39 is 6.61 Å². The number of hydrogen-bond acceptors (Lipinski definition) is 3. The van der Waals surface area contributed by atoms with Crippen molar-refractivity contribution in [2.45, 2.75) is 13.2 Å². The number of ether oxygens (including phenoxy) is 1. The van der Waals surface area contributed by atoms with E-state index >= 15 is 0 Å². The van der Waals surface area contributed by atoms with Crippen LogP contribution < -0.4 is 16.0 Å². The molecule has 1 aromatic rings. The Bertz CT molecular complexity index is 256. The summed E-state index contributed by atoms with van der Waals surface area (Å²) in [4.78, 5) is 0. The number of hydrogen-bond donors (Lipinski definition) is 2. The van der Waals surface area contributed by atoms with Crippen molar-refractivity contribution >= 4 is 12.4 Å². The number of rotatable bonds is 4. The second kappa shape index (κ2) is 6.53. The van der Waals surface area contributed by atoms with Gasteiger partial charge in [-0.15, -0.1) is 12.4 Å². The summed E-state index contributed by atoms with van der Waals surface area (Å²) in [5, 5.41) is 0. The molecule has 0 aromatic heterocycles. The molecule has 0 saturated heterocycles. The first kappa shape index (κ1) is 13.1. The van der Waals surface area contributed by atoms with Crippen molar-refractivity contribution in [3.8, 4) is 5.75 Å². The van der Waals surface area contributed by atoms with Gasteiger partial charge in [0.25, 0.3) is 0 Å². The van der Waals surface area contributed by atoms with Crippen molar-refractivity contribution in [3.63, 3.8) is 0 Å². The molecule has 0 heterocycles. The normalized spacial score (nSPS) is 9.71. The number of nitrogens with one attached hydrogen (secondary N) is 1. The van der Waals surface area contributed by atoms with Crippen LogP contribution >= 0.6 is 12.4 Å². The van der Waals surface area contributed by atoms with Crippen molar-refractivity contribution in [1.82, 2.24) is 5.43 Å². The fourth-order valence-corrected chi connectivity index (χ4v) is 0.907. The van der Waals surface area contributed by atoms with Gasteiger partial charge in [0.05, 0.1) is 0 Å². The Kier molecular flexibility index (Phi) is 6.11. The molecule has 0 saturated carbocycles. The Labute approximate surface area is 86.6 Å². The molecule has 0 aliphatic rings. The van der Waals surface area contributed by atoms with Gasteiger partial charge in [-0.2, -0.15) is 8.78 Å². The zero-order chi connectivity index (χ0) is 9.68. The second-order valence-corrected chi connectivity index (χ2v) is 2.40. The summed E-state index contributed by atoms with van der Waals surface area (Å²) in [6.45, 7) is -2.28. The number of hydrazine groups is 1. The van der Waals surface area contributed by atoms with E-state index in [4.69, 9.17) is 5.84 Å². The lowest BCUT2D eigenvalue weighted by molar-refractivity contribution is -0.0498. The van der Waals surface area contributed by atoms with E-state index in [9.17, 15) is 8.78 Å². The Morgan fingerprint density at radius 1 is 1.29 bits per heavy atom. The zero-order valence-corrected chi connectivity index (χ0v) is 8.06. The lowest BCUT2D eigenvalue weighted by Gasteiger charge is -2.04. The van der Waals surface area contributed by atoms with Crippen molar-refractivity contribution in [2.75, 3.05) is 0 Å². The quantitative estimate of drug-likeness (QED) is 0.604. The van der Waals surface area contributed by atoms with Crippen LogP contribution in [0.1, 0.15) is 5.56 Å². The molecule has 0 spiro atoms. The van der Waals surface area contributed by atoms with Crippen LogP contribution in [0.5, 0.6) is 5.75 Å². The van der Waals surface area contributed by atoms with Gasteiger partial charge in [-0.3, -0.25) is 11.3 Å². The minimum atomic E-state index is -2.78. The van der Waals surface area contributed by atoms with Crippen molar-refractivity contribution in [1.29, 1.82) is 0 Å². The smallest absolute Gasteiger partial charge is 0.387 e. The summed E-state index contributed by atoms with van der Waals surface area (Å²) in [7, 11) is 0. The van der Waals surface area contributed by atoms with Crippen LogP contribution in [0.4, 0.5) is 8.78 Å². The molecule has 0 bridgehead atoms. The lowest BCUT2D eigenvalue weighted by Crippen LogP contribution is -2.20. The van der Waals surface area contributed by atoms with E-state index in [0.29, 0.717) is 6.54 Å². The SMILES string of the molecule is Cl.NNCc1ccc(OC(F)F)cc1. The average molecular weight is 225 g/mol. The molecule has 6 heteroatoms. The van der Waals surface area contributed by atoms with Crippen LogP contribution in [-0.2, 0) is 6.54 Å². The number of halogens is 3. The predicted molar refractivity (Wildman–Crippen MR) is 51.3 cm³/mol. The van der Waals surface area contributed by atoms with E-state index in [1.165, 1.54) is 12.1 Å². The molecule has 3 N–H and O–H groups in total. The van der Waals surface area contributed by atoms with Crippen LogP contribution in [0.15, 0.2) is 24.3 Å². The Balaban J connectivity index is 0.00000169. The minimum Gasteiger partial charge on any atom is -0.435 e. The highest BCUT2D eigenvalue weighted by atomic mass is 35.5. The molecular formula is C8H11ClF2N2O. The van der Waals surface area contributed by atoms with Crippen LogP contribution in [0.2, 0.25) is 0 Å². The van der Waals surface area contributed by atoms with E-state index in [0.717, 1.165) is 5.56 Å². The molecule has 0 aliphatic carbocycles. The second-order valence-electron chi connectivity index (χ2n) is 2.40. The van der Waals surface area contributed by atoms with Crippen molar-refractivity contribution < 1.29 is 13.5 Å². The Hall–Kier alpha value is -0.910. The summed E-state index contributed by atoms with van der Waals surface area (Å²) in [5.74, 6) is 5.23. The highest BCUT2D eigenvalue weighted by Gasteiger charge is 2.02. The minimum absolute atomic E-state index is 0. The van der Waals surface area contributed by atoms with Crippen molar-refractivity contribution in [3.05, 3.63) is 29.8 Å². The zero-order valence-electron chi connectivity index (χ0n) is 7.24. The topological polar surface area (TPSA) is 47.3 Å². The van der Waals surface area contributed by atoms with Crippen LogP contribution in [0.3, 0.4) is 0 Å². The van der Waals surface area contributed by atoms with E-state index in [1.54, 1.807) is 12.1 Å². The Morgan fingerprint density at radius 3 is 2.29 bits per heavy atom. The van der Waals surface area contributed by atoms with E-state index in [1.807, 2.05) is 0 Å². The maximum absolute atomic E-state index is 11.7. The lowest BCUT2D eigenvalue weighted by atomic mass is 10.2. The largest absolute Gasteiger partial charge is 0.435 e. The molecule has 14 heavy (non-hydrogen) atoms. The van der Waals surface area contributed by atoms with Gasteiger partial charge >= 0.3 is 6.61 Å².